The number of nitrogens with one attached hydrogen (secondary N) is 2. The van der Waals surface area contributed by atoms with E-state index in [4.69, 9.17) is 4.74 Å². The number of carbonyl (C=O) groups excluding carboxylic acids is 2. The highest BCUT2D eigenvalue weighted by atomic mass is 16.5. The Morgan fingerprint density at radius 2 is 1.95 bits per heavy atom. The molecule has 9 nitrogen and oxygen atoms in total. The van der Waals surface area contributed by atoms with Gasteiger partial charge in [0.15, 0.2) is 0 Å². The van der Waals surface area contributed by atoms with Gasteiger partial charge in [-0.1, -0.05) is 0 Å². The number of imide groups is 1. The number of nitrogens with zero attached hydrogens (tertiary/aromatic N) is 4. The number of hydrogen-bond donors (Lipinski definition) is 2. The second-order valence-corrected chi connectivity index (χ2v) is 4.25. The Morgan fingerprint density at radius 1 is 1.25 bits per heavy atom. The van der Waals surface area contributed by atoms with E-state index < -0.39 is 6.04 Å². The molecule has 1 aliphatic heterocycles. The summed E-state index contributed by atoms with van der Waals surface area (Å²) >= 11 is 0. The lowest BCUT2D eigenvalue weighted by molar-refractivity contribution is -0.146. The van der Waals surface area contributed by atoms with E-state index in [1.807, 2.05) is 0 Å². The van der Waals surface area contributed by atoms with Gasteiger partial charge in [0.05, 0.1) is 7.11 Å². The van der Waals surface area contributed by atoms with E-state index in [0.29, 0.717) is 18.8 Å². The Balaban J connectivity index is 2.17. The van der Waals surface area contributed by atoms with Crippen molar-refractivity contribution in [3.8, 4) is 6.01 Å². The molecule has 2 amide bonds. The Labute approximate surface area is 115 Å². The van der Waals surface area contributed by atoms with Crippen LogP contribution in [0.4, 0.5) is 11.9 Å². The molecule has 20 heavy (non-hydrogen) atoms. The summed E-state index contributed by atoms with van der Waals surface area (Å²) in [6, 6.07) is -0.394. The van der Waals surface area contributed by atoms with E-state index in [-0.39, 0.29) is 23.8 Å². The molecule has 1 fully saturated rings. The first-order valence-electron chi connectivity index (χ1n) is 6.10. The lowest BCUT2D eigenvalue weighted by Crippen LogP contribution is -2.48. The van der Waals surface area contributed by atoms with E-state index in [2.05, 4.69) is 25.6 Å². The standard InChI is InChI=1S/C11H16N6O3/c1-12-9-14-10(16-11(15-9)20-3)13-6-4-5-7(18)17(2)8(6)19/h6H,4-5H2,1-3H3,(H2,12,13,14,15,16). The highest BCUT2D eigenvalue weighted by Crippen LogP contribution is 2.17. The molecule has 0 bridgehead atoms. The second-order valence-electron chi connectivity index (χ2n) is 4.25. The van der Waals surface area contributed by atoms with E-state index in [9.17, 15) is 9.59 Å². The quantitative estimate of drug-likeness (QED) is 0.709. The first-order chi connectivity index (χ1) is 9.55. The molecule has 1 atom stereocenters. The molecule has 1 unspecified atom stereocenters. The number of methoxy groups -OCH3 is 1. The van der Waals surface area contributed by atoms with Crippen LogP contribution in [0.25, 0.3) is 0 Å². The molecule has 0 radical (unpaired) electrons. The number of amides is 2. The summed E-state index contributed by atoms with van der Waals surface area (Å²) in [5.41, 5.74) is 0. The van der Waals surface area contributed by atoms with Crippen LogP contribution in [0, 0.1) is 0 Å². The number of ether oxygens (including phenoxy) is 1. The van der Waals surface area contributed by atoms with Crippen LogP contribution in [0.1, 0.15) is 12.8 Å². The van der Waals surface area contributed by atoms with Gasteiger partial charge < -0.3 is 15.4 Å². The van der Waals surface area contributed by atoms with Crippen molar-refractivity contribution in [1.82, 2.24) is 19.9 Å². The number of piperidine rings is 1. The van der Waals surface area contributed by atoms with Crippen LogP contribution in [-0.2, 0) is 9.59 Å². The van der Waals surface area contributed by atoms with Gasteiger partial charge in [-0.15, -0.1) is 0 Å². The zero-order chi connectivity index (χ0) is 14.7. The average Bonchev–Trinajstić information content (AvgIpc) is 2.47. The minimum Gasteiger partial charge on any atom is -0.467 e. The number of rotatable bonds is 4. The fourth-order valence-corrected chi connectivity index (χ4v) is 1.83. The van der Waals surface area contributed by atoms with Gasteiger partial charge in [-0.25, -0.2) is 0 Å². The Bertz CT molecular complexity index is 513. The molecule has 0 saturated carbocycles. The van der Waals surface area contributed by atoms with E-state index in [1.54, 1.807) is 7.05 Å². The maximum atomic E-state index is 12.0. The molecule has 1 aromatic rings. The molecular formula is C11H16N6O3. The molecule has 1 aliphatic rings. The third-order valence-electron chi connectivity index (χ3n) is 2.97. The van der Waals surface area contributed by atoms with Gasteiger partial charge in [0.25, 0.3) is 5.91 Å². The van der Waals surface area contributed by atoms with Gasteiger partial charge in [0.2, 0.25) is 17.8 Å². The van der Waals surface area contributed by atoms with Gasteiger partial charge in [-0.05, 0) is 6.42 Å². The predicted octanol–water partition coefficient (Wildman–Crippen LogP) is -0.519. The van der Waals surface area contributed by atoms with Gasteiger partial charge in [0, 0.05) is 20.5 Å². The first-order valence-corrected chi connectivity index (χ1v) is 6.10. The highest BCUT2D eigenvalue weighted by Gasteiger charge is 2.32. The molecule has 2 rings (SSSR count). The number of likely N-dealkylation sites (tertiary alicyclic amines) is 1. The summed E-state index contributed by atoms with van der Waals surface area (Å²) in [5.74, 6) is 0.0677. The molecule has 0 aliphatic carbocycles. The van der Waals surface area contributed by atoms with Crippen molar-refractivity contribution >= 4 is 23.7 Å². The summed E-state index contributed by atoms with van der Waals surface area (Å²) in [4.78, 5) is 36.6. The van der Waals surface area contributed by atoms with Crippen LogP contribution in [0.5, 0.6) is 6.01 Å². The van der Waals surface area contributed by atoms with Gasteiger partial charge in [-0.2, -0.15) is 15.0 Å². The van der Waals surface area contributed by atoms with E-state index in [1.165, 1.54) is 14.2 Å². The fourth-order valence-electron chi connectivity index (χ4n) is 1.83. The molecular weight excluding hydrogens is 264 g/mol. The molecule has 1 saturated heterocycles. The Kier molecular flexibility index (Phi) is 3.97. The number of aromatic nitrogens is 3. The molecule has 0 aromatic carbocycles. The lowest BCUT2D eigenvalue weighted by atomic mass is 10.1. The van der Waals surface area contributed by atoms with Crippen molar-refractivity contribution in [2.45, 2.75) is 18.9 Å². The molecule has 2 heterocycles. The van der Waals surface area contributed by atoms with Crippen molar-refractivity contribution < 1.29 is 14.3 Å². The van der Waals surface area contributed by atoms with Crippen LogP contribution in [0.15, 0.2) is 0 Å². The third-order valence-corrected chi connectivity index (χ3v) is 2.97. The molecule has 9 heteroatoms. The summed E-state index contributed by atoms with van der Waals surface area (Å²) in [7, 11) is 4.57. The normalized spacial score (nSPS) is 18.9. The van der Waals surface area contributed by atoms with Crippen molar-refractivity contribution in [3.63, 3.8) is 0 Å². The monoisotopic (exact) mass is 280 g/mol. The number of likely N-dealkylation sites (N-methyl/N-ethyl adjacent to an activating group) is 1. The van der Waals surface area contributed by atoms with Crippen LogP contribution in [0.3, 0.4) is 0 Å². The summed E-state index contributed by atoms with van der Waals surface area (Å²) in [6.45, 7) is 0. The van der Waals surface area contributed by atoms with Crippen molar-refractivity contribution in [2.75, 3.05) is 31.8 Å². The minimum atomic E-state index is -0.533. The van der Waals surface area contributed by atoms with Gasteiger partial charge >= 0.3 is 6.01 Å². The zero-order valence-corrected chi connectivity index (χ0v) is 11.5. The smallest absolute Gasteiger partial charge is 0.322 e. The maximum Gasteiger partial charge on any atom is 0.322 e. The largest absolute Gasteiger partial charge is 0.467 e. The number of anilines is 2. The zero-order valence-electron chi connectivity index (χ0n) is 11.5. The maximum absolute atomic E-state index is 12.0. The van der Waals surface area contributed by atoms with Crippen LogP contribution in [-0.4, -0.2) is 58.9 Å². The number of hydrogen-bond acceptors (Lipinski definition) is 8. The summed E-state index contributed by atoms with van der Waals surface area (Å²) in [5, 5.41) is 5.68. The second kappa shape index (κ2) is 5.68. The topological polar surface area (TPSA) is 109 Å². The molecule has 1 aromatic heterocycles. The summed E-state index contributed by atoms with van der Waals surface area (Å²) in [6.07, 6.45) is 0.714. The van der Waals surface area contributed by atoms with Crippen LogP contribution >= 0.6 is 0 Å². The Morgan fingerprint density at radius 3 is 2.60 bits per heavy atom. The number of carbonyl (C=O) groups is 2. The molecule has 2 N–H and O–H groups in total. The lowest BCUT2D eigenvalue weighted by Gasteiger charge is -2.28. The fraction of sp³-hybridized carbons (Fsp3) is 0.545. The van der Waals surface area contributed by atoms with Gasteiger partial charge in [0.1, 0.15) is 6.04 Å². The minimum absolute atomic E-state index is 0.138. The van der Waals surface area contributed by atoms with Crippen molar-refractivity contribution in [3.05, 3.63) is 0 Å². The van der Waals surface area contributed by atoms with Gasteiger partial charge in [-0.3, -0.25) is 14.5 Å². The van der Waals surface area contributed by atoms with Crippen molar-refractivity contribution in [2.24, 2.45) is 0 Å². The molecule has 0 spiro atoms. The average molecular weight is 280 g/mol. The summed E-state index contributed by atoms with van der Waals surface area (Å²) < 4.78 is 4.96. The third kappa shape index (κ3) is 2.76. The highest BCUT2D eigenvalue weighted by molar-refractivity contribution is 6.01. The van der Waals surface area contributed by atoms with Crippen LogP contribution in [0.2, 0.25) is 0 Å². The van der Waals surface area contributed by atoms with E-state index >= 15 is 0 Å². The first kappa shape index (κ1) is 14.0. The van der Waals surface area contributed by atoms with Crippen LogP contribution < -0.4 is 15.4 Å². The molecule has 108 valence electrons. The Hall–Kier alpha value is -2.45. The SMILES string of the molecule is CNc1nc(NC2CCC(=O)N(C)C2=O)nc(OC)n1. The van der Waals surface area contributed by atoms with E-state index in [0.717, 1.165) is 4.90 Å². The van der Waals surface area contributed by atoms with Crippen molar-refractivity contribution in [1.29, 1.82) is 0 Å². The predicted molar refractivity (Wildman–Crippen MR) is 70.3 cm³/mol.